The second-order valence-electron chi connectivity index (χ2n) is 10.3. The van der Waals surface area contributed by atoms with Crippen LogP contribution in [-0.2, 0) is 16.4 Å². The van der Waals surface area contributed by atoms with Crippen molar-refractivity contribution in [1.82, 2.24) is 9.66 Å². The van der Waals surface area contributed by atoms with Gasteiger partial charge in [0.25, 0.3) is 15.6 Å². The molecule has 6 rings (SSSR count). The molecule has 6 aromatic rings. The highest BCUT2D eigenvalue weighted by Crippen LogP contribution is 2.34. The highest BCUT2D eigenvalue weighted by molar-refractivity contribution is 7.92. The maximum atomic E-state index is 13.8. The molecule has 236 valence electrons. The number of nitrogens with one attached hydrogen (secondary N) is 2. The Morgan fingerprint density at radius 2 is 1.47 bits per heavy atom. The highest BCUT2D eigenvalue weighted by atomic mass is 35.5. The van der Waals surface area contributed by atoms with E-state index < -0.39 is 15.6 Å². The molecule has 0 amide bonds. The van der Waals surface area contributed by atoms with E-state index in [4.69, 9.17) is 46.4 Å². The number of rotatable bonds is 9. The van der Waals surface area contributed by atoms with Crippen LogP contribution < -0.4 is 15.7 Å². The Labute approximate surface area is 290 Å². The molecule has 8 nitrogen and oxygen atoms in total. The Hall–Kier alpha value is -4.38. The molecular weight excluding hydrogens is 700 g/mol. The summed E-state index contributed by atoms with van der Waals surface area (Å²) in [5.41, 5.74) is 2.88. The van der Waals surface area contributed by atoms with Gasteiger partial charge in [0.15, 0.2) is 0 Å². The van der Waals surface area contributed by atoms with Gasteiger partial charge < -0.3 is 5.32 Å². The van der Waals surface area contributed by atoms with E-state index in [2.05, 4.69) is 20.1 Å². The van der Waals surface area contributed by atoms with Crippen molar-refractivity contribution in [3.8, 4) is 0 Å². The zero-order chi connectivity index (χ0) is 33.1. The molecule has 0 aliphatic carbocycles. The fraction of sp³-hybridized carbons (Fsp3) is 0.0294. The van der Waals surface area contributed by atoms with Gasteiger partial charge in [0, 0.05) is 28.4 Å². The number of hydrogen-bond acceptors (Lipinski definition) is 6. The Morgan fingerprint density at radius 3 is 2.19 bits per heavy atom. The van der Waals surface area contributed by atoms with Gasteiger partial charge in [-0.2, -0.15) is 13.1 Å². The third-order valence-corrected chi connectivity index (χ3v) is 9.51. The Kier molecular flexibility index (Phi) is 9.54. The quantitative estimate of drug-likeness (QED) is 0.145. The Morgan fingerprint density at radius 1 is 0.787 bits per heavy atom. The van der Waals surface area contributed by atoms with Gasteiger partial charge in [0.05, 0.1) is 37.2 Å². The number of halogens is 4. The topological polar surface area (TPSA) is 105 Å². The predicted molar refractivity (Wildman–Crippen MR) is 192 cm³/mol. The zero-order valence-electron chi connectivity index (χ0n) is 24.2. The van der Waals surface area contributed by atoms with Gasteiger partial charge in [-0.1, -0.05) is 82.8 Å². The lowest BCUT2D eigenvalue weighted by atomic mass is 10.1. The fourth-order valence-electron chi connectivity index (χ4n) is 4.72. The number of aliphatic imine (C=N–C) groups is 1. The van der Waals surface area contributed by atoms with Crippen molar-refractivity contribution < 1.29 is 8.42 Å². The van der Waals surface area contributed by atoms with E-state index in [0.29, 0.717) is 48.2 Å². The SMILES string of the molecule is O=c1c2ccc(Cl)cc2nc(Cc2ccccc2Nc2c(Cl)cccc2Cl)n1NS(=O)(=O)c1ccc(N=Cc2ccc(Cl)cc2)cc1. The van der Waals surface area contributed by atoms with Gasteiger partial charge in [-0.3, -0.25) is 9.79 Å². The molecule has 0 atom stereocenters. The number of aromatic nitrogens is 2. The van der Waals surface area contributed by atoms with E-state index in [1.807, 2.05) is 36.4 Å². The summed E-state index contributed by atoms with van der Waals surface area (Å²) in [6, 6.07) is 30.1. The molecule has 5 aromatic carbocycles. The minimum atomic E-state index is -4.26. The van der Waals surface area contributed by atoms with Crippen molar-refractivity contribution in [2.24, 2.45) is 4.99 Å². The van der Waals surface area contributed by atoms with Crippen LogP contribution in [0.2, 0.25) is 20.1 Å². The molecule has 0 aliphatic rings. The number of fused-ring (bicyclic) bond motifs is 1. The van der Waals surface area contributed by atoms with Gasteiger partial charge in [0.1, 0.15) is 5.82 Å². The number of hydrogen-bond donors (Lipinski definition) is 2. The standard InChI is InChI=1S/C34H23Cl4N5O3S/c35-23-10-8-21(9-11-23)20-39-25-13-15-26(16-14-25)47(45,46)42-43-32(40-31-19-24(36)12-17-27(31)34(43)44)18-22-4-1-2-7-30(22)41-33-28(37)5-3-6-29(33)38/h1-17,19-20,41-42H,18H2. The summed E-state index contributed by atoms with van der Waals surface area (Å²) in [5, 5.41) is 5.26. The Bertz CT molecular complexity index is 2290. The normalized spacial score (nSPS) is 11.7. The smallest absolute Gasteiger partial charge is 0.280 e. The van der Waals surface area contributed by atoms with Crippen molar-refractivity contribution in [3.05, 3.63) is 157 Å². The number of nitrogens with zero attached hydrogens (tertiary/aromatic N) is 3. The van der Waals surface area contributed by atoms with Crippen molar-refractivity contribution in [1.29, 1.82) is 0 Å². The monoisotopic (exact) mass is 721 g/mol. The minimum absolute atomic E-state index is 0.0454. The highest BCUT2D eigenvalue weighted by Gasteiger charge is 2.21. The number of sulfonamides is 1. The van der Waals surface area contributed by atoms with Crippen LogP contribution in [0, 0.1) is 0 Å². The van der Waals surface area contributed by atoms with Gasteiger partial charge in [0.2, 0.25) is 0 Å². The third kappa shape index (κ3) is 7.45. The molecule has 1 heterocycles. The van der Waals surface area contributed by atoms with E-state index in [9.17, 15) is 13.2 Å². The number of benzene rings is 5. The summed E-state index contributed by atoms with van der Waals surface area (Å²) in [4.78, 5) is 25.2. The average molecular weight is 723 g/mol. The van der Waals surface area contributed by atoms with Crippen LogP contribution in [0.5, 0.6) is 0 Å². The van der Waals surface area contributed by atoms with Crippen LogP contribution in [0.25, 0.3) is 10.9 Å². The summed E-state index contributed by atoms with van der Waals surface area (Å²) < 4.78 is 28.2. The van der Waals surface area contributed by atoms with Gasteiger partial charge in [-0.05, 0) is 83.9 Å². The van der Waals surface area contributed by atoms with Gasteiger partial charge in [-0.15, -0.1) is 0 Å². The zero-order valence-corrected chi connectivity index (χ0v) is 28.0. The predicted octanol–water partition coefficient (Wildman–Crippen LogP) is 9.03. The summed E-state index contributed by atoms with van der Waals surface area (Å²) >= 11 is 25.0. The fourth-order valence-corrected chi connectivity index (χ4v) is 6.53. The molecule has 47 heavy (non-hydrogen) atoms. The number of anilines is 2. The van der Waals surface area contributed by atoms with Crippen LogP contribution in [-0.4, -0.2) is 24.3 Å². The first-order valence-electron chi connectivity index (χ1n) is 14.0. The molecular formula is C34H23Cl4N5O3S. The summed E-state index contributed by atoms with van der Waals surface area (Å²) in [7, 11) is -4.26. The maximum absolute atomic E-state index is 13.8. The molecule has 1 aromatic heterocycles. The summed E-state index contributed by atoms with van der Waals surface area (Å²) in [6.07, 6.45) is 1.69. The van der Waals surface area contributed by atoms with E-state index in [0.717, 1.165) is 10.2 Å². The molecule has 0 unspecified atom stereocenters. The first kappa shape index (κ1) is 32.6. The van der Waals surface area contributed by atoms with E-state index in [1.165, 1.54) is 18.2 Å². The largest absolute Gasteiger partial charge is 0.353 e. The number of para-hydroxylation sites is 2. The Balaban J connectivity index is 1.35. The summed E-state index contributed by atoms with van der Waals surface area (Å²) in [6.45, 7) is 0. The van der Waals surface area contributed by atoms with Crippen LogP contribution in [0.1, 0.15) is 17.0 Å². The molecule has 13 heteroatoms. The third-order valence-electron chi connectivity index (χ3n) is 7.08. The molecule has 0 bridgehead atoms. The van der Waals surface area contributed by atoms with Crippen molar-refractivity contribution in [3.63, 3.8) is 0 Å². The van der Waals surface area contributed by atoms with Crippen LogP contribution >= 0.6 is 46.4 Å². The summed E-state index contributed by atoms with van der Waals surface area (Å²) in [5.74, 6) is 0.122. The molecule has 0 saturated carbocycles. The molecule has 0 radical (unpaired) electrons. The first-order valence-corrected chi connectivity index (χ1v) is 17.0. The lowest BCUT2D eigenvalue weighted by Crippen LogP contribution is -2.36. The minimum Gasteiger partial charge on any atom is -0.353 e. The van der Waals surface area contributed by atoms with Crippen LogP contribution in [0.15, 0.2) is 124 Å². The maximum Gasteiger partial charge on any atom is 0.280 e. The van der Waals surface area contributed by atoms with Gasteiger partial charge in [-0.25, -0.2) is 9.82 Å². The van der Waals surface area contributed by atoms with Crippen molar-refractivity contribution >= 4 is 90.6 Å². The first-order chi connectivity index (χ1) is 22.6. The van der Waals surface area contributed by atoms with Gasteiger partial charge >= 0.3 is 0 Å². The van der Waals surface area contributed by atoms with Crippen molar-refractivity contribution in [2.75, 3.05) is 10.1 Å². The lowest BCUT2D eigenvalue weighted by Gasteiger charge is -2.18. The molecule has 0 aliphatic heterocycles. The van der Waals surface area contributed by atoms with Crippen molar-refractivity contribution in [2.45, 2.75) is 11.3 Å². The second kappa shape index (κ2) is 13.8. The van der Waals surface area contributed by atoms with E-state index >= 15 is 0 Å². The van der Waals surface area contributed by atoms with E-state index in [1.54, 1.807) is 60.8 Å². The lowest BCUT2D eigenvalue weighted by molar-refractivity contribution is 0.592. The average Bonchev–Trinajstić information content (AvgIpc) is 3.05. The second-order valence-corrected chi connectivity index (χ2v) is 13.6. The van der Waals surface area contributed by atoms with E-state index in [-0.39, 0.29) is 22.5 Å². The molecule has 2 N–H and O–H groups in total. The molecule has 0 saturated heterocycles. The van der Waals surface area contributed by atoms with Crippen LogP contribution in [0.3, 0.4) is 0 Å². The molecule has 0 fully saturated rings. The molecule has 0 spiro atoms. The van der Waals surface area contributed by atoms with Crippen LogP contribution in [0.4, 0.5) is 17.1 Å².